The number of halogens is 2. The van der Waals surface area contributed by atoms with Crippen molar-refractivity contribution in [2.75, 3.05) is 0 Å². The first-order valence-corrected chi connectivity index (χ1v) is 6.12. The molecule has 0 aliphatic rings. The van der Waals surface area contributed by atoms with E-state index in [4.69, 9.17) is 11.6 Å². The van der Waals surface area contributed by atoms with Crippen molar-refractivity contribution in [3.63, 3.8) is 0 Å². The number of hydrogen-bond donors (Lipinski definition) is 1. The molecule has 4 heteroatoms. The first kappa shape index (κ1) is 13.0. The fourth-order valence-electron chi connectivity index (χ4n) is 1.71. The molecule has 0 saturated carbocycles. The molecule has 0 bridgehead atoms. The van der Waals surface area contributed by atoms with Crippen LogP contribution in [0.25, 0.3) is 0 Å². The zero-order valence-corrected chi connectivity index (χ0v) is 10.8. The van der Waals surface area contributed by atoms with Gasteiger partial charge in [-0.05, 0) is 30.7 Å². The molecule has 0 fully saturated rings. The van der Waals surface area contributed by atoms with Crippen molar-refractivity contribution in [1.29, 1.82) is 0 Å². The topological polar surface area (TPSA) is 24.9 Å². The van der Waals surface area contributed by atoms with Crippen LogP contribution in [0, 0.1) is 5.82 Å². The Balaban J connectivity index is 2.04. The van der Waals surface area contributed by atoms with E-state index in [1.807, 2.05) is 19.1 Å². The number of aromatic nitrogens is 1. The number of nitrogens with one attached hydrogen (secondary N) is 1. The molecule has 1 aromatic carbocycles. The van der Waals surface area contributed by atoms with Gasteiger partial charge in [-0.25, -0.2) is 4.39 Å². The monoisotopic (exact) mass is 264 g/mol. The smallest absolute Gasteiger partial charge is 0.129 e. The molecule has 0 spiro atoms. The van der Waals surface area contributed by atoms with E-state index < -0.39 is 0 Å². The Kier molecular flexibility index (Phi) is 4.28. The highest BCUT2D eigenvalue weighted by atomic mass is 35.5. The minimum Gasteiger partial charge on any atom is -0.306 e. The molecule has 2 aromatic rings. The van der Waals surface area contributed by atoms with Crippen molar-refractivity contribution < 1.29 is 4.39 Å². The Bertz CT molecular complexity index is 496. The molecule has 0 aliphatic heterocycles. The second-order valence-corrected chi connectivity index (χ2v) is 4.50. The van der Waals surface area contributed by atoms with Gasteiger partial charge in [0.25, 0.3) is 0 Å². The summed E-state index contributed by atoms with van der Waals surface area (Å²) in [5.41, 5.74) is 1.56. The van der Waals surface area contributed by atoms with Gasteiger partial charge in [-0.3, -0.25) is 4.98 Å². The summed E-state index contributed by atoms with van der Waals surface area (Å²) in [6.45, 7) is 2.40. The van der Waals surface area contributed by atoms with Crippen LogP contribution in [0.3, 0.4) is 0 Å². The number of hydrogen-bond acceptors (Lipinski definition) is 2. The third-order valence-electron chi connectivity index (χ3n) is 2.83. The lowest BCUT2D eigenvalue weighted by Gasteiger charge is -2.14. The van der Waals surface area contributed by atoms with Crippen LogP contribution in [0.5, 0.6) is 0 Å². The highest BCUT2D eigenvalue weighted by Crippen LogP contribution is 2.20. The molecule has 18 heavy (non-hydrogen) atoms. The van der Waals surface area contributed by atoms with E-state index in [2.05, 4.69) is 10.3 Å². The zero-order valence-electron chi connectivity index (χ0n) is 10.0. The Labute approximate surface area is 111 Å². The predicted molar refractivity (Wildman–Crippen MR) is 70.9 cm³/mol. The molecule has 2 rings (SSSR count). The predicted octanol–water partition coefficient (Wildman–Crippen LogP) is 3.72. The van der Waals surface area contributed by atoms with E-state index in [9.17, 15) is 4.39 Å². The van der Waals surface area contributed by atoms with Gasteiger partial charge in [0, 0.05) is 35.6 Å². The first-order valence-electron chi connectivity index (χ1n) is 5.74. The lowest BCUT2D eigenvalue weighted by Crippen LogP contribution is -2.19. The maximum atomic E-state index is 13.6. The molecule has 1 unspecified atom stereocenters. The molecular weight excluding hydrogens is 251 g/mol. The van der Waals surface area contributed by atoms with Crippen LogP contribution in [0.2, 0.25) is 5.02 Å². The van der Waals surface area contributed by atoms with Crippen LogP contribution in [0.1, 0.15) is 24.1 Å². The Morgan fingerprint density at radius 2 is 2.17 bits per heavy atom. The van der Waals surface area contributed by atoms with Gasteiger partial charge < -0.3 is 5.32 Å². The molecule has 2 nitrogen and oxygen atoms in total. The maximum absolute atomic E-state index is 13.6. The van der Waals surface area contributed by atoms with Gasteiger partial charge in [0.15, 0.2) is 0 Å². The van der Waals surface area contributed by atoms with Crippen molar-refractivity contribution in [3.8, 4) is 0 Å². The average Bonchev–Trinajstić information content (AvgIpc) is 2.39. The lowest BCUT2D eigenvalue weighted by atomic mass is 10.1. The quantitative estimate of drug-likeness (QED) is 0.910. The summed E-state index contributed by atoms with van der Waals surface area (Å²) in [5, 5.41) is 3.68. The number of rotatable bonds is 4. The lowest BCUT2D eigenvalue weighted by molar-refractivity contribution is 0.543. The van der Waals surface area contributed by atoms with E-state index in [1.54, 1.807) is 24.5 Å². The van der Waals surface area contributed by atoms with E-state index in [0.717, 1.165) is 5.56 Å². The summed E-state index contributed by atoms with van der Waals surface area (Å²) in [5.74, 6) is -0.284. The summed E-state index contributed by atoms with van der Waals surface area (Å²) in [4.78, 5) is 4.06. The Hall–Kier alpha value is -1.45. The van der Waals surface area contributed by atoms with Gasteiger partial charge in [-0.15, -0.1) is 0 Å². The van der Waals surface area contributed by atoms with Crippen molar-refractivity contribution in [2.45, 2.75) is 19.5 Å². The standard InChI is InChI=1S/C14H14ClFN2/c1-10(11-4-3-7-17-8-11)18-9-12-13(15)5-2-6-14(12)16/h2-8,10,18H,9H2,1H3. The van der Waals surface area contributed by atoms with E-state index in [0.29, 0.717) is 17.1 Å². The fourth-order valence-corrected chi connectivity index (χ4v) is 1.94. The molecule has 0 aliphatic carbocycles. The minimum atomic E-state index is -0.284. The summed E-state index contributed by atoms with van der Waals surface area (Å²) < 4.78 is 13.6. The largest absolute Gasteiger partial charge is 0.306 e. The van der Waals surface area contributed by atoms with E-state index in [1.165, 1.54) is 6.07 Å². The van der Waals surface area contributed by atoms with Crippen LogP contribution < -0.4 is 5.32 Å². The first-order chi connectivity index (χ1) is 8.68. The van der Waals surface area contributed by atoms with Crippen LogP contribution in [0.15, 0.2) is 42.7 Å². The molecule has 1 aromatic heterocycles. The molecular formula is C14H14ClFN2. The summed E-state index contributed by atoms with van der Waals surface area (Å²) >= 11 is 5.97. The van der Waals surface area contributed by atoms with Crippen LogP contribution >= 0.6 is 11.6 Å². The normalized spacial score (nSPS) is 12.4. The van der Waals surface area contributed by atoms with Gasteiger partial charge >= 0.3 is 0 Å². The van der Waals surface area contributed by atoms with Gasteiger partial charge in [-0.2, -0.15) is 0 Å². The summed E-state index contributed by atoms with van der Waals surface area (Å²) in [7, 11) is 0. The second kappa shape index (κ2) is 5.94. The van der Waals surface area contributed by atoms with Crippen LogP contribution in [0.4, 0.5) is 4.39 Å². The molecule has 0 saturated heterocycles. The van der Waals surface area contributed by atoms with Gasteiger partial charge in [0.05, 0.1) is 0 Å². The van der Waals surface area contributed by atoms with Crippen molar-refractivity contribution in [2.24, 2.45) is 0 Å². The number of pyridine rings is 1. The molecule has 1 atom stereocenters. The van der Waals surface area contributed by atoms with Crippen LogP contribution in [-0.4, -0.2) is 4.98 Å². The number of benzene rings is 1. The third kappa shape index (κ3) is 3.06. The second-order valence-electron chi connectivity index (χ2n) is 4.09. The number of nitrogens with zero attached hydrogens (tertiary/aromatic N) is 1. The van der Waals surface area contributed by atoms with E-state index in [-0.39, 0.29) is 11.9 Å². The minimum absolute atomic E-state index is 0.0920. The van der Waals surface area contributed by atoms with Gasteiger partial charge in [0.1, 0.15) is 5.82 Å². The molecule has 1 heterocycles. The molecule has 94 valence electrons. The van der Waals surface area contributed by atoms with Crippen molar-refractivity contribution in [3.05, 3.63) is 64.7 Å². The third-order valence-corrected chi connectivity index (χ3v) is 3.19. The molecule has 0 radical (unpaired) electrons. The summed E-state index contributed by atoms with van der Waals surface area (Å²) in [6.07, 6.45) is 3.52. The zero-order chi connectivity index (χ0) is 13.0. The summed E-state index contributed by atoms with van der Waals surface area (Å²) in [6, 6.07) is 8.66. The highest BCUT2D eigenvalue weighted by Gasteiger charge is 2.09. The average molecular weight is 265 g/mol. The highest BCUT2D eigenvalue weighted by molar-refractivity contribution is 6.31. The van der Waals surface area contributed by atoms with Gasteiger partial charge in [-0.1, -0.05) is 23.7 Å². The van der Waals surface area contributed by atoms with Crippen molar-refractivity contribution >= 4 is 11.6 Å². The van der Waals surface area contributed by atoms with Crippen LogP contribution in [-0.2, 0) is 6.54 Å². The fraction of sp³-hybridized carbons (Fsp3) is 0.214. The Morgan fingerprint density at radius 1 is 1.33 bits per heavy atom. The van der Waals surface area contributed by atoms with Crippen molar-refractivity contribution in [1.82, 2.24) is 10.3 Å². The molecule has 0 amide bonds. The van der Waals surface area contributed by atoms with Gasteiger partial charge in [0.2, 0.25) is 0 Å². The SMILES string of the molecule is CC(NCc1c(F)cccc1Cl)c1cccnc1. The van der Waals surface area contributed by atoms with E-state index >= 15 is 0 Å². The maximum Gasteiger partial charge on any atom is 0.129 e. The molecule has 1 N–H and O–H groups in total. The Morgan fingerprint density at radius 3 is 2.83 bits per heavy atom.